The molecule has 64 valence electrons. The van der Waals surface area contributed by atoms with Gasteiger partial charge in [-0.1, -0.05) is 6.07 Å². The first-order valence-electron chi connectivity index (χ1n) is 3.52. The van der Waals surface area contributed by atoms with Crippen molar-refractivity contribution in [3.8, 4) is 0 Å². The van der Waals surface area contributed by atoms with Gasteiger partial charge < -0.3 is 4.74 Å². The van der Waals surface area contributed by atoms with Crippen LogP contribution in [0.25, 0.3) is 0 Å². The molecule has 0 bridgehead atoms. The standard InChI is InChI=1S/C8H11N3O/c1-9-11(7-12-2)8-5-3-4-6-10-8/h3-6H,1,7H2,2H3. The third-order valence-corrected chi connectivity index (χ3v) is 1.34. The lowest BCUT2D eigenvalue weighted by Crippen LogP contribution is -2.19. The summed E-state index contributed by atoms with van der Waals surface area (Å²) in [6.07, 6.45) is 1.70. The molecule has 4 nitrogen and oxygen atoms in total. The highest BCUT2D eigenvalue weighted by Crippen LogP contribution is 2.07. The van der Waals surface area contributed by atoms with E-state index in [9.17, 15) is 0 Å². The van der Waals surface area contributed by atoms with Gasteiger partial charge in [-0.25, -0.2) is 9.99 Å². The van der Waals surface area contributed by atoms with Crippen LogP contribution in [0.15, 0.2) is 29.5 Å². The van der Waals surface area contributed by atoms with E-state index in [0.717, 1.165) is 5.82 Å². The van der Waals surface area contributed by atoms with Crippen molar-refractivity contribution in [3.05, 3.63) is 24.4 Å². The summed E-state index contributed by atoms with van der Waals surface area (Å²) in [6, 6.07) is 5.57. The van der Waals surface area contributed by atoms with Crippen molar-refractivity contribution in [2.45, 2.75) is 0 Å². The van der Waals surface area contributed by atoms with Crippen molar-refractivity contribution in [2.75, 3.05) is 18.8 Å². The number of anilines is 1. The fourth-order valence-corrected chi connectivity index (χ4v) is 0.808. The Hall–Kier alpha value is -1.42. The first-order valence-corrected chi connectivity index (χ1v) is 3.52. The number of pyridine rings is 1. The van der Waals surface area contributed by atoms with Crippen LogP contribution in [0.3, 0.4) is 0 Å². The number of aromatic nitrogens is 1. The fraction of sp³-hybridized carbons (Fsp3) is 0.250. The Morgan fingerprint density at radius 1 is 1.67 bits per heavy atom. The molecule has 0 aliphatic heterocycles. The van der Waals surface area contributed by atoms with Crippen LogP contribution < -0.4 is 5.01 Å². The molecular formula is C8H11N3O. The first-order chi connectivity index (χ1) is 5.88. The Kier molecular flexibility index (Phi) is 3.22. The summed E-state index contributed by atoms with van der Waals surface area (Å²) in [5.41, 5.74) is 0. The summed E-state index contributed by atoms with van der Waals surface area (Å²) in [7, 11) is 1.60. The molecule has 0 atom stereocenters. The average Bonchev–Trinajstić information content (AvgIpc) is 2.15. The Labute approximate surface area is 71.5 Å². The lowest BCUT2D eigenvalue weighted by molar-refractivity contribution is 0.198. The number of hydrogen-bond donors (Lipinski definition) is 0. The minimum atomic E-state index is 0.362. The van der Waals surface area contributed by atoms with Gasteiger partial charge >= 0.3 is 0 Å². The van der Waals surface area contributed by atoms with Gasteiger partial charge in [0.25, 0.3) is 0 Å². The minimum absolute atomic E-state index is 0.362. The van der Waals surface area contributed by atoms with E-state index in [1.165, 1.54) is 0 Å². The largest absolute Gasteiger partial charge is 0.362 e. The average molecular weight is 165 g/mol. The highest BCUT2D eigenvalue weighted by atomic mass is 16.5. The van der Waals surface area contributed by atoms with Crippen molar-refractivity contribution in [2.24, 2.45) is 5.10 Å². The number of hydrogen-bond acceptors (Lipinski definition) is 4. The lowest BCUT2D eigenvalue weighted by atomic mass is 10.5. The van der Waals surface area contributed by atoms with Crippen LogP contribution in [0.4, 0.5) is 5.82 Å². The number of rotatable bonds is 4. The van der Waals surface area contributed by atoms with E-state index in [2.05, 4.69) is 16.8 Å². The molecule has 4 heteroatoms. The van der Waals surface area contributed by atoms with Crippen LogP contribution in [0.1, 0.15) is 0 Å². The van der Waals surface area contributed by atoms with Gasteiger partial charge in [-0.15, -0.1) is 0 Å². The molecule has 0 aliphatic rings. The summed E-state index contributed by atoms with van der Waals surface area (Å²) in [6.45, 7) is 3.77. The number of ether oxygens (including phenoxy) is 1. The Bertz CT molecular complexity index is 237. The molecule has 12 heavy (non-hydrogen) atoms. The molecular weight excluding hydrogens is 154 g/mol. The van der Waals surface area contributed by atoms with Gasteiger partial charge in [0, 0.05) is 20.0 Å². The Balaban J connectivity index is 2.73. The second-order valence-corrected chi connectivity index (χ2v) is 2.15. The molecule has 0 spiro atoms. The summed E-state index contributed by atoms with van der Waals surface area (Å²) >= 11 is 0. The van der Waals surface area contributed by atoms with Crippen LogP contribution in [0.5, 0.6) is 0 Å². The van der Waals surface area contributed by atoms with Crippen LogP contribution in [0, 0.1) is 0 Å². The monoisotopic (exact) mass is 165 g/mol. The molecule has 0 amide bonds. The zero-order valence-electron chi connectivity index (χ0n) is 6.97. The zero-order valence-corrected chi connectivity index (χ0v) is 6.97. The normalized spacial score (nSPS) is 9.42. The molecule has 1 rings (SSSR count). The van der Waals surface area contributed by atoms with E-state index in [-0.39, 0.29) is 0 Å². The highest BCUT2D eigenvalue weighted by Gasteiger charge is 2.01. The van der Waals surface area contributed by atoms with Crippen molar-refractivity contribution < 1.29 is 4.74 Å². The van der Waals surface area contributed by atoms with Crippen LogP contribution in [-0.4, -0.2) is 25.5 Å². The lowest BCUT2D eigenvalue weighted by Gasteiger charge is -2.14. The maximum atomic E-state index is 4.90. The predicted molar refractivity (Wildman–Crippen MR) is 48.1 cm³/mol. The molecule has 1 aromatic rings. The van der Waals surface area contributed by atoms with Gasteiger partial charge in [-0.3, -0.25) is 0 Å². The predicted octanol–water partition coefficient (Wildman–Crippen LogP) is 1.11. The van der Waals surface area contributed by atoms with Crippen molar-refractivity contribution in [3.63, 3.8) is 0 Å². The maximum Gasteiger partial charge on any atom is 0.151 e. The molecule has 0 radical (unpaired) electrons. The minimum Gasteiger partial charge on any atom is -0.362 e. The van der Waals surface area contributed by atoms with Gasteiger partial charge in [0.05, 0.1) is 0 Å². The van der Waals surface area contributed by atoms with Crippen molar-refractivity contribution in [1.82, 2.24) is 4.98 Å². The molecule has 1 aromatic heterocycles. The Morgan fingerprint density at radius 2 is 2.50 bits per heavy atom. The summed E-state index contributed by atoms with van der Waals surface area (Å²) < 4.78 is 4.90. The van der Waals surface area contributed by atoms with Gasteiger partial charge in [-0.05, 0) is 12.1 Å². The van der Waals surface area contributed by atoms with Crippen LogP contribution in [0.2, 0.25) is 0 Å². The fourth-order valence-electron chi connectivity index (χ4n) is 0.808. The van der Waals surface area contributed by atoms with Crippen LogP contribution in [-0.2, 0) is 4.74 Å². The molecule has 0 aromatic carbocycles. The van der Waals surface area contributed by atoms with Gasteiger partial charge in [0.2, 0.25) is 0 Å². The first kappa shape index (κ1) is 8.67. The van der Waals surface area contributed by atoms with E-state index in [1.807, 2.05) is 18.2 Å². The number of methoxy groups -OCH3 is 1. The highest BCUT2D eigenvalue weighted by molar-refractivity contribution is 5.39. The molecule has 0 fully saturated rings. The Morgan fingerprint density at radius 3 is 3.00 bits per heavy atom. The smallest absolute Gasteiger partial charge is 0.151 e. The van der Waals surface area contributed by atoms with Crippen molar-refractivity contribution >= 4 is 12.5 Å². The van der Waals surface area contributed by atoms with E-state index >= 15 is 0 Å². The van der Waals surface area contributed by atoms with E-state index in [1.54, 1.807) is 18.3 Å². The molecule has 0 aliphatic carbocycles. The zero-order chi connectivity index (χ0) is 8.81. The third-order valence-electron chi connectivity index (χ3n) is 1.34. The molecule has 0 saturated heterocycles. The van der Waals surface area contributed by atoms with E-state index in [4.69, 9.17) is 4.74 Å². The summed E-state index contributed by atoms with van der Waals surface area (Å²) in [4.78, 5) is 4.08. The quantitative estimate of drug-likeness (QED) is 0.381. The molecule has 1 heterocycles. The van der Waals surface area contributed by atoms with Gasteiger partial charge in [0.1, 0.15) is 6.73 Å². The van der Waals surface area contributed by atoms with Crippen molar-refractivity contribution in [1.29, 1.82) is 0 Å². The van der Waals surface area contributed by atoms with Gasteiger partial charge in [-0.2, -0.15) is 5.10 Å². The van der Waals surface area contributed by atoms with E-state index < -0.39 is 0 Å². The van der Waals surface area contributed by atoms with Gasteiger partial charge in [0.15, 0.2) is 5.82 Å². The molecule has 0 saturated carbocycles. The summed E-state index contributed by atoms with van der Waals surface area (Å²) in [5, 5.41) is 5.31. The number of nitrogens with zero attached hydrogens (tertiary/aromatic N) is 3. The second kappa shape index (κ2) is 4.46. The topological polar surface area (TPSA) is 37.7 Å². The maximum absolute atomic E-state index is 4.90. The van der Waals surface area contributed by atoms with Crippen LogP contribution >= 0.6 is 0 Å². The molecule has 0 unspecified atom stereocenters. The van der Waals surface area contributed by atoms with E-state index in [0.29, 0.717) is 6.73 Å². The third kappa shape index (κ3) is 2.03. The summed E-state index contributed by atoms with van der Waals surface area (Å²) in [5.74, 6) is 0.731. The second-order valence-electron chi connectivity index (χ2n) is 2.15. The molecule has 0 N–H and O–H groups in total. The number of hydrazone groups is 1. The SMILES string of the molecule is C=NN(COC)c1ccccn1.